The Morgan fingerprint density at radius 3 is 2.54 bits per heavy atom. The molecule has 2 aromatic carbocycles. The maximum absolute atomic E-state index is 13.2. The van der Waals surface area contributed by atoms with Crippen LogP contribution in [0.25, 0.3) is 0 Å². The number of nitrogens with one attached hydrogen (secondary N) is 1. The van der Waals surface area contributed by atoms with Crippen LogP contribution in [0.4, 0.5) is 14.5 Å². The number of halogens is 2. The van der Waals surface area contributed by atoms with Gasteiger partial charge >= 0.3 is 0 Å². The molecule has 3 rings (SSSR count). The third-order valence-corrected chi connectivity index (χ3v) is 3.92. The summed E-state index contributed by atoms with van der Waals surface area (Å²) in [6, 6.07) is 12.0. The second-order valence-electron chi connectivity index (χ2n) is 5.88. The molecule has 0 radical (unpaired) electrons. The Morgan fingerprint density at radius 1 is 1.00 bits per heavy atom. The number of aryl methyl sites for hydroxylation is 2. The fourth-order valence-electron chi connectivity index (χ4n) is 2.30. The first-order valence-electron chi connectivity index (χ1n) is 7.97. The number of furan rings is 1. The lowest BCUT2D eigenvalue weighted by atomic mass is 10.1. The molecule has 0 unspecified atom stereocenters. The van der Waals surface area contributed by atoms with Gasteiger partial charge in [-0.05, 0) is 61.4 Å². The molecular formula is C20H17F2NO3. The number of rotatable bonds is 5. The average molecular weight is 357 g/mol. The molecule has 0 aliphatic rings. The minimum Gasteiger partial charge on any atom is -0.486 e. The van der Waals surface area contributed by atoms with Crippen LogP contribution in [0, 0.1) is 25.5 Å². The Hall–Kier alpha value is -3.15. The van der Waals surface area contributed by atoms with Gasteiger partial charge in [-0.3, -0.25) is 4.79 Å². The van der Waals surface area contributed by atoms with E-state index in [1.165, 1.54) is 17.7 Å². The number of carbonyl (C=O) groups is 1. The molecule has 0 bridgehead atoms. The van der Waals surface area contributed by atoms with Crippen LogP contribution in [0.1, 0.15) is 27.4 Å². The van der Waals surface area contributed by atoms with Gasteiger partial charge in [0.25, 0.3) is 5.91 Å². The van der Waals surface area contributed by atoms with E-state index in [-0.39, 0.29) is 18.1 Å². The van der Waals surface area contributed by atoms with Gasteiger partial charge in [0.05, 0.1) is 0 Å². The van der Waals surface area contributed by atoms with Gasteiger partial charge in [0.15, 0.2) is 17.4 Å². The largest absolute Gasteiger partial charge is 0.486 e. The maximum Gasteiger partial charge on any atom is 0.291 e. The van der Waals surface area contributed by atoms with Crippen molar-refractivity contribution in [3.63, 3.8) is 0 Å². The van der Waals surface area contributed by atoms with E-state index in [0.29, 0.717) is 11.5 Å². The first-order chi connectivity index (χ1) is 12.4. The lowest BCUT2D eigenvalue weighted by Gasteiger charge is -2.07. The SMILES string of the molecule is Cc1ccc(OCc2ccc(C(=O)Nc3ccc(F)c(F)c3)o2)cc1C. The van der Waals surface area contributed by atoms with Crippen molar-refractivity contribution in [1.82, 2.24) is 0 Å². The van der Waals surface area contributed by atoms with E-state index >= 15 is 0 Å². The Kier molecular flexibility index (Phi) is 5.02. The van der Waals surface area contributed by atoms with Crippen molar-refractivity contribution in [3.05, 3.63) is 82.8 Å². The number of benzene rings is 2. The third-order valence-electron chi connectivity index (χ3n) is 3.92. The van der Waals surface area contributed by atoms with Crippen molar-refractivity contribution >= 4 is 11.6 Å². The van der Waals surface area contributed by atoms with Crippen molar-refractivity contribution in [3.8, 4) is 5.75 Å². The highest BCUT2D eigenvalue weighted by Gasteiger charge is 2.13. The second kappa shape index (κ2) is 7.39. The summed E-state index contributed by atoms with van der Waals surface area (Å²) in [6.07, 6.45) is 0. The number of hydrogen-bond acceptors (Lipinski definition) is 3. The van der Waals surface area contributed by atoms with Gasteiger partial charge in [0.2, 0.25) is 0 Å². The van der Waals surface area contributed by atoms with Crippen LogP contribution >= 0.6 is 0 Å². The summed E-state index contributed by atoms with van der Waals surface area (Å²) in [4.78, 5) is 12.1. The molecular weight excluding hydrogens is 340 g/mol. The summed E-state index contributed by atoms with van der Waals surface area (Å²) in [6.45, 7) is 4.18. The normalized spacial score (nSPS) is 10.6. The molecule has 4 nitrogen and oxygen atoms in total. The van der Waals surface area contributed by atoms with Crippen LogP contribution in [0.5, 0.6) is 5.75 Å². The summed E-state index contributed by atoms with van der Waals surface area (Å²) in [7, 11) is 0. The van der Waals surface area contributed by atoms with Crippen molar-refractivity contribution < 1.29 is 22.7 Å². The minimum atomic E-state index is -1.04. The smallest absolute Gasteiger partial charge is 0.291 e. The van der Waals surface area contributed by atoms with Crippen molar-refractivity contribution in [1.29, 1.82) is 0 Å². The molecule has 134 valence electrons. The standard InChI is InChI=1S/C20H17F2NO3/c1-12-3-5-15(9-13(12)2)25-11-16-6-8-19(26-16)20(24)23-14-4-7-17(21)18(22)10-14/h3-10H,11H2,1-2H3,(H,23,24). The molecule has 0 spiro atoms. The lowest BCUT2D eigenvalue weighted by Crippen LogP contribution is -2.11. The highest BCUT2D eigenvalue weighted by atomic mass is 19.2. The number of anilines is 1. The molecule has 0 saturated carbocycles. The number of amides is 1. The first-order valence-corrected chi connectivity index (χ1v) is 7.97. The van der Waals surface area contributed by atoms with E-state index in [9.17, 15) is 13.6 Å². The Morgan fingerprint density at radius 2 is 1.81 bits per heavy atom. The Labute approximate surface area is 149 Å². The Balaban J connectivity index is 1.62. The molecule has 6 heteroatoms. The number of hydrogen-bond donors (Lipinski definition) is 1. The topological polar surface area (TPSA) is 51.5 Å². The van der Waals surface area contributed by atoms with Gasteiger partial charge in [-0.1, -0.05) is 6.07 Å². The molecule has 0 atom stereocenters. The quantitative estimate of drug-likeness (QED) is 0.699. The molecule has 1 amide bonds. The van der Waals surface area contributed by atoms with E-state index in [1.54, 1.807) is 6.07 Å². The number of carbonyl (C=O) groups excluding carboxylic acids is 1. The van der Waals surface area contributed by atoms with Crippen LogP contribution in [0.15, 0.2) is 52.9 Å². The van der Waals surface area contributed by atoms with E-state index < -0.39 is 17.5 Å². The first kappa shape index (κ1) is 17.7. The molecule has 1 N–H and O–H groups in total. The van der Waals surface area contributed by atoms with Crippen LogP contribution < -0.4 is 10.1 Å². The van der Waals surface area contributed by atoms with Crippen molar-refractivity contribution in [2.45, 2.75) is 20.5 Å². The Bertz CT molecular complexity index is 950. The zero-order valence-corrected chi connectivity index (χ0v) is 14.3. The maximum atomic E-state index is 13.2. The molecule has 1 aromatic heterocycles. The molecule has 0 fully saturated rings. The van der Waals surface area contributed by atoms with Gasteiger partial charge in [-0.2, -0.15) is 0 Å². The van der Waals surface area contributed by atoms with E-state index in [0.717, 1.165) is 17.7 Å². The molecule has 0 saturated heterocycles. The second-order valence-corrected chi connectivity index (χ2v) is 5.88. The van der Waals surface area contributed by atoms with Crippen molar-refractivity contribution in [2.24, 2.45) is 0 Å². The zero-order valence-electron chi connectivity index (χ0n) is 14.3. The van der Waals surface area contributed by atoms with Gasteiger partial charge in [-0.15, -0.1) is 0 Å². The molecule has 1 heterocycles. The third kappa shape index (κ3) is 4.08. The fourth-order valence-corrected chi connectivity index (χ4v) is 2.30. The van der Waals surface area contributed by atoms with Gasteiger partial charge in [0, 0.05) is 11.8 Å². The summed E-state index contributed by atoms with van der Waals surface area (Å²) in [5.41, 5.74) is 2.43. The summed E-state index contributed by atoms with van der Waals surface area (Å²) in [5.74, 6) is -1.35. The fraction of sp³-hybridized carbons (Fsp3) is 0.150. The van der Waals surface area contributed by atoms with Crippen LogP contribution in [-0.4, -0.2) is 5.91 Å². The molecule has 0 aliphatic carbocycles. The van der Waals surface area contributed by atoms with Gasteiger partial charge in [-0.25, -0.2) is 8.78 Å². The predicted molar refractivity (Wildman–Crippen MR) is 93.3 cm³/mol. The van der Waals surface area contributed by atoms with Gasteiger partial charge < -0.3 is 14.5 Å². The zero-order chi connectivity index (χ0) is 18.7. The predicted octanol–water partition coefficient (Wildman–Crippen LogP) is 5.01. The van der Waals surface area contributed by atoms with E-state index in [2.05, 4.69) is 5.32 Å². The number of ether oxygens (including phenoxy) is 1. The molecule has 3 aromatic rings. The van der Waals surface area contributed by atoms with Crippen LogP contribution in [0.2, 0.25) is 0 Å². The summed E-state index contributed by atoms with van der Waals surface area (Å²) in [5, 5.41) is 2.45. The highest BCUT2D eigenvalue weighted by molar-refractivity contribution is 6.02. The summed E-state index contributed by atoms with van der Waals surface area (Å²) >= 11 is 0. The molecule has 0 aliphatic heterocycles. The molecule has 26 heavy (non-hydrogen) atoms. The minimum absolute atomic E-state index is 0.0495. The van der Waals surface area contributed by atoms with Gasteiger partial charge in [0.1, 0.15) is 18.1 Å². The average Bonchev–Trinajstić information content (AvgIpc) is 3.08. The summed E-state index contributed by atoms with van der Waals surface area (Å²) < 4.78 is 37.2. The highest BCUT2D eigenvalue weighted by Crippen LogP contribution is 2.19. The van der Waals surface area contributed by atoms with E-state index in [1.807, 2.05) is 32.0 Å². The van der Waals surface area contributed by atoms with Crippen LogP contribution in [-0.2, 0) is 6.61 Å². The van der Waals surface area contributed by atoms with Crippen LogP contribution in [0.3, 0.4) is 0 Å². The van der Waals surface area contributed by atoms with E-state index in [4.69, 9.17) is 9.15 Å². The monoisotopic (exact) mass is 357 g/mol. The lowest BCUT2D eigenvalue weighted by molar-refractivity contribution is 0.0992. The van der Waals surface area contributed by atoms with Crippen molar-refractivity contribution in [2.75, 3.05) is 5.32 Å².